The molecule has 30 heavy (non-hydrogen) atoms. The van der Waals surface area contributed by atoms with E-state index in [4.69, 9.17) is 16.3 Å². The Hall–Kier alpha value is -2.93. The number of anilines is 1. The second-order valence-corrected chi connectivity index (χ2v) is 7.45. The fraction of sp³-hybridized carbons (Fsp3) is 0.364. The van der Waals surface area contributed by atoms with Gasteiger partial charge >= 0.3 is 0 Å². The van der Waals surface area contributed by atoms with E-state index in [2.05, 4.69) is 31.9 Å². The monoisotopic (exact) mass is 429 g/mol. The number of amides is 1. The molecular weight excluding hydrogens is 402 g/mol. The van der Waals surface area contributed by atoms with E-state index in [1.165, 1.54) is 0 Å². The number of halogens is 1. The fourth-order valence-electron chi connectivity index (χ4n) is 3.44. The van der Waals surface area contributed by atoms with E-state index < -0.39 is 0 Å². The molecule has 0 saturated carbocycles. The average Bonchev–Trinajstić information content (AvgIpc) is 3.24. The number of rotatable bonds is 7. The number of ether oxygens (including phenoxy) is 1. The van der Waals surface area contributed by atoms with Gasteiger partial charge in [0.05, 0.1) is 12.8 Å². The van der Waals surface area contributed by atoms with Crippen molar-refractivity contribution >= 4 is 29.2 Å². The number of nitrogens with one attached hydrogen (secondary N) is 3. The second-order valence-electron chi connectivity index (χ2n) is 7.01. The molecule has 2 aromatic rings. The highest BCUT2D eigenvalue weighted by molar-refractivity contribution is 6.30. The number of aliphatic imine (C=N–C) groups is 1. The lowest BCUT2D eigenvalue weighted by Gasteiger charge is -2.22. The Bertz CT molecular complexity index is 872. The van der Waals surface area contributed by atoms with Gasteiger partial charge in [-0.2, -0.15) is 0 Å². The molecule has 0 aliphatic carbocycles. The minimum Gasteiger partial charge on any atom is -0.495 e. The van der Waals surface area contributed by atoms with E-state index in [-0.39, 0.29) is 11.9 Å². The Morgan fingerprint density at radius 2 is 1.90 bits per heavy atom. The van der Waals surface area contributed by atoms with Crippen molar-refractivity contribution in [3.8, 4) is 5.75 Å². The summed E-state index contributed by atoms with van der Waals surface area (Å²) in [6, 6.07) is 15.2. The van der Waals surface area contributed by atoms with Crippen LogP contribution in [0.1, 0.15) is 16.8 Å². The maximum Gasteiger partial charge on any atom is 0.251 e. The van der Waals surface area contributed by atoms with Crippen LogP contribution < -0.4 is 25.6 Å². The van der Waals surface area contributed by atoms with Crippen LogP contribution in [0.5, 0.6) is 5.75 Å². The second kappa shape index (κ2) is 10.7. The van der Waals surface area contributed by atoms with Gasteiger partial charge in [-0.1, -0.05) is 23.7 Å². The van der Waals surface area contributed by atoms with Gasteiger partial charge in [-0.05, 0) is 42.8 Å². The zero-order chi connectivity index (χ0) is 21.3. The van der Waals surface area contributed by atoms with Crippen LogP contribution in [0.25, 0.3) is 0 Å². The smallest absolute Gasteiger partial charge is 0.251 e. The number of benzene rings is 2. The van der Waals surface area contributed by atoms with Crippen LogP contribution in [0.3, 0.4) is 0 Å². The molecular formula is C22H28ClN5O2. The highest BCUT2D eigenvalue weighted by atomic mass is 35.5. The summed E-state index contributed by atoms with van der Waals surface area (Å²) in [5.74, 6) is 1.49. The van der Waals surface area contributed by atoms with Crippen LogP contribution in [-0.2, 0) is 0 Å². The largest absolute Gasteiger partial charge is 0.495 e. The van der Waals surface area contributed by atoms with Gasteiger partial charge in [-0.3, -0.25) is 9.79 Å². The Labute approximate surface area is 182 Å². The van der Waals surface area contributed by atoms with Gasteiger partial charge in [-0.25, -0.2) is 0 Å². The molecule has 1 amide bonds. The van der Waals surface area contributed by atoms with Crippen LogP contribution in [0.4, 0.5) is 5.69 Å². The summed E-state index contributed by atoms with van der Waals surface area (Å²) in [6.45, 7) is 2.88. The molecule has 1 heterocycles. The number of hydrogen-bond acceptors (Lipinski definition) is 4. The number of hydrogen-bond donors (Lipinski definition) is 3. The van der Waals surface area contributed by atoms with E-state index in [1.807, 2.05) is 18.2 Å². The highest BCUT2D eigenvalue weighted by Gasteiger charge is 2.25. The molecule has 2 aromatic carbocycles. The summed E-state index contributed by atoms with van der Waals surface area (Å²) < 4.78 is 5.48. The van der Waals surface area contributed by atoms with Crippen LogP contribution in [0.2, 0.25) is 5.02 Å². The van der Waals surface area contributed by atoms with E-state index in [0.717, 1.165) is 36.9 Å². The first kappa shape index (κ1) is 21.8. The Balaban J connectivity index is 1.42. The van der Waals surface area contributed by atoms with Gasteiger partial charge in [0.15, 0.2) is 5.96 Å². The van der Waals surface area contributed by atoms with Crippen LogP contribution >= 0.6 is 11.6 Å². The summed E-state index contributed by atoms with van der Waals surface area (Å²) in [6.07, 6.45) is 1.01. The van der Waals surface area contributed by atoms with E-state index >= 15 is 0 Å². The Morgan fingerprint density at radius 1 is 1.17 bits per heavy atom. The lowest BCUT2D eigenvalue weighted by atomic mass is 10.2. The first-order chi connectivity index (χ1) is 14.6. The standard InChI is InChI=1S/C22H28ClN5O2/c1-24-22(26-13-12-25-21(29)16-7-9-17(23)10-8-16)27-18-11-14-28(15-18)19-5-3-4-6-20(19)30-2/h3-10,18H,11-15H2,1-2H3,(H,25,29)(H2,24,26,27). The lowest BCUT2D eigenvalue weighted by molar-refractivity contribution is 0.0954. The topological polar surface area (TPSA) is 78.0 Å². The van der Waals surface area contributed by atoms with Crippen LogP contribution in [0.15, 0.2) is 53.5 Å². The van der Waals surface area contributed by atoms with Gasteiger partial charge in [0.2, 0.25) is 0 Å². The number of carbonyl (C=O) groups excluding carboxylic acids is 1. The first-order valence-corrected chi connectivity index (χ1v) is 10.4. The van der Waals surface area contributed by atoms with Crippen molar-refractivity contribution in [1.82, 2.24) is 16.0 Å². The lowest BCUT2D eigenvalue weighted by Crippen LogP contribution is -2.46. The number of guanidine groups is 1. The summed E-state index contributed by atoms with van der Waals surface area (Å²) in [5.41, 5.74) is 1.70. The zero-order valence-corrected chi connectivity index (χ0v) is 18.1. The van der Waals surface area contributed by atoms with Gasteiger partial charge in [0.1, 0.15) is 5.75 Å². The van der Waals surface area contributed by atoms with E-state index in [0.29, 0.717) is 23.7 Å². The third kappa shape index (κ3) is 5.79. The SMILES string of the molecule is CN=C(NCCNC(=O)c1ccc(Cl)cc1)NC1CCN(c2ccccc2OC)C1. The quantitative estimate of drug-likeness (QED) is 0.358. The molecule has 0 aromatic heterocycles. The molecule has 7 nitrogen and oxygen atoms in total. The van der Waals surface area contributed by atoms with Crippen molar-refractivity contribution in [3.63, 3.8) is 0 Å². The van der Waals surface area contributed by atoms with Crippen molar-refractivity contribution < 1.29 is 9.53 Å². The maximum atomic E-state index is 12.1. The molecule has 1 unspecified atom stereocenters. The number of para-hydroxylation sites is 2. The zero-order valence-electron chi connectivity index (χ0n) is 17.3. The van der Waals surface area contributed by atoms with Gasteiger partial charge in [0, 0.05) is 49.9 Å². The van der Waals surface area contributed by atoms with Gasteiger partial charge < -0.3 is 25.6 Å². The predicted octanol–water partition coefficient (Wildman–Crippen LogP) is 2.52. The fourth-order valence-corrected chi connectivity index (χ4v) is 3.56. The number of nitrogens with zero attached hydrogens (tertiary/aromatic N) is 2. The molecule has 1 saturated heterocycles. The molecule has 0 spiro atoms. The molecule has 3 N–H and O–H groups in total. The van der Waals surface area contributed by atoms with Crippen LogP contribution in [-0.4, -0.2) is 58.2 Å². The first-order valence-electron chi connectivity index (χ1n) is 9.99. The molecule has 160 valence electrons. The third-order valence-corrected chi connectivity index (χ3v) is 5.24. The summed E-state index contributed by atoms with van der Waals surface area (Å²) in [7, 11) is 3.44. The molecule has 0 radical (unpaired) electrons. The molecule has 1 atom stereocenters. The van der Waals surface area contributed by atoms with E-state index in [1.54, 1.807) is 38.4 Å². The molecule has 1 aliphatic heterocycles. The number of methoxy groups -OCH3 is 1. The Kier molecular flexibility index (Phi) is 7.79. The molecule has 8 heteroatoms. The molecule has 1 fully saturated rings. The maximum absolute atomic E-state index is 12.1. The Morgan fingerprint density at radius 3 is 2.63 bits per heavy atom. The van der Waals surface area contributed by atoms with Gasteiger partial charge in [-0.15, -0.1) is 0 Å². The summed E-state index contributed by atoms with van der Waals surface area (Å²) in [5, 5.41) is 10.2. The van der Waals surface area contributed by atoms with Crippen molar-refractivity contribution in [2.24, 2.45) is 4.99 Å². The third-order valence-electron chi connectivity index (χ3n) is 4.99. The van der Waals surface area contributed by atoms with Crippen molar-refractivity contribution in [2.75, 3.05) is 45.2 Å². The molecule has 0 bridgehead atoms. The van der Waals surface area contributed by atoms with Crippen molar-refractivity contribution in [3.05, 3.63) is 59.1 Å². The minimum absolute atomic E-state index is 0.125. The summed E-state index contributed by atoms with van der Waals surface area (Å²) >= 11 is 5.85. The van der Waals surface area contributed by atoms with Crippen molar-refractivity contribution in [2.45, 2.75) is 12.5 Å². The van der Waals surface area contributed by atoms with Crippen molar-refractivity contribution in [1.29, 1.82) is 0 Å². The van der Waals surface area contributed by atoms with E-state index in [9.17, 15) is 4.79 Å². The highest BCUT2D eigenvalue weighted by Crippen LogP contribution is 2.30. The number of carbonyl (C=O) groups is 1. The normalized spacial score (nSPS) is 16.3. The average molecular weight is 430 g/mol. The molecule has 1 aliphatic rings. The predicted molar refractivity (Wildman–Crippen MR) is 122 cm³/mol. The minimum atomic E-state index is -0.125. The molecule has 3 rings (SSSR count). The summed E-state index contributed by atoms with van der Waals surface area (Å²) in [4.78, 5) is 18.7. The van der Waals surface area contributed by atoms with Gasteiger partial charge in [0.25, 0.3) is 5.91 Å². The van der Waals surface area contributed by atoms with Crippen LogP contribution in [0, 0.1) is 0 Å².